The minimum Gasteiger partial charge on any atom is -0.353 e. The van der Waals surface area contributed by atoms with Crippen molar-refractivity contribution in [1.82, 2.24) is 20.4 Å². The zero-order valence-corrected chi connectivity index (χ0v) is 24.5. The van der Waals surface area contributed by atoms with Crippen molar-refractivity contribution in [3.8, 4) is 0 Å². The zero-order chi connectivity index (χ0) is 27.7. The first kappa shape index (κ1) is 32.2. The second-order valence-corrected chi connectivity index (χ2v) is 12.9. The molecular formula is C27H48N4O4S. The summed E-state index contributed by atoms with van der Waals surface area (Å²) < 4.78 is 0. The molecule has 0 bridgehead atoms. The molecule has 8 nitrogen and oxygen atoms in total. The van der Waals surface area contributed by atoms with E-state index in [9.17, 15) is 19.2 Å². The normalized spacial score (nSPS) is 17.3. The molecule has 1 unspecified atom stereocenters. The van der Waals surface area contributed by atoms with Crippen LogP contribution in [0.4, 0.5) is 0 Å². The summed E-state index contributed by atoms with van der Waals surface area (Å²) in [5.41, 5.74) is 0.0531. The molecule has 9 heteroatoms. The summed E-state index contributed by atoms with van der Waals surface area (Å²) in [6.07, 6.45) is 3.36. The van der Waals surface area contributed by atoms with Crippen LogP contribution in [-0.4, -0.2) is 83.1 Å². The molecular weight excluding hydrogens is 476 g/mol. The van der Waals surface area contributed by atoms with Crippen LogP contribution < -0.4 is 10.6 Å². The molecule has 1 rings (SSSR count). The minimum atomic E-state index is -0.812. The van der Waals surface area contributed by atoms with Crippen molar-refractivity contribution >= 4 is 35.3 Å². The summed E-state index contributed by atoms with van der Waals surface area (Å²) in [5, 5.41) is 5.91. The van der Waals surface area contributed by atoms with Gasteiger partial charge in [0.15, 0.2) is 0 Å². The number of nitrogens with one attached hydrogen (secondary N) is 2. The van der Waals surface area contributed by atoms with E-state index in [1.807, 2.05) is 46.4 Å². The maximum atomic E-state index is 12.9. The number of carbonyl (C=O) groups excluding carboxylic acids is 4. The Morgan fingerprint density at radius 3 is 2.28 bits per heavy atom. The quantitative estimate of drug-likeness (QED) is 0.338. The van der Waals surface area contributed by atoms with Crippen molar-refractivity contribution in [3.63, 3.8) is 0 Å². The Morgan fingerprint density at radius 1 is 1.11 bits per heavy atom. The molecule has 206 valence electrons. The first-order valence-corrected chi connectivity index (χ1v) is 14.0. The summed E-state index contributed by atoms with van der Waals surface area (Å²) >= 11 is 1.76. The third-order valence-corrected chi connectivity index (χ3v) is 7.71. The van der Waals surface area contributed by atoms with Crippen molar-refractivity contribution in [1.29, 1.82) is 0 Å². The van der Waals surface area contributed by atoms with E-state index in [1.165, 1.54) is 4.90 Å². The van der Waals surface area contributed by atoms with Gasteiger partial charge in [0, 0.05) is 56.1 Å². The van der Waals surface area contributed by atoms with Gasteiger partial charge in [-0.25, -0.2) is 0 Å². The van der Waals surface area contributed by atoms with Crippen LogP contribution in [0.2, 0.25) is 0 Å². The Balaban J connectivity index is 2.52. The molecule has 1 fully saturated rings. The third kappa shape index (κ3) is 9.88. The second kappa shape index (κ2) is 14.2. The molecule has 0 radical (unpaired) electrons. The smallest absolute Gasteiger partial charge is 0.243 e. The van der Waals surface area contributed by atoms with E-state index < -0.39 is 11.5 Å². The molecule has 1 aliphatic rings. The van der Waals surface area contributed by atoms with Crippen LogP contribution in [0.5, 0.6) is 0 Å². The number of Topliss-reactive ketones (excluding diaryl/α,β-unsaturated/α-hetero) is 1. The fourth-order valence-corrected chi connectivity index (χ4v) is 5.29. The molecule has 36 heavy (non-hydrogen) atoms. The standard InChI is InChI=1S/C27H48N4O4S/c1-19-21(18-24(34)31(19)27(5,6)7)36-16-12-10-11-13-23(33)30(9)20(17-22(32)26(2,3)4)25(35)29-15-14-28-8/h20-21,28H,1,10-18H2,2-9H3,(H,29,35)/t20-,21?/m0/s1. The predicted molar refractivity (Wildman–Crippen MR) is 148 cm³/mol. The number of amides is 3. The molecule has 0 aromatic rings. The van der Waals surface area contributed by atoms with Gasteiger partial charge < -0.3 is 20.4 Å². The van der Waals surface area contributed by atoms with Crippen LogP contribution in [0.1, 0.15) is 80.1 Å². The average molecular weight is 525 g/mol. The summed E-state index contributed by atoms with van der Waals surface area (Å²) in [7, 11) is 3.41. The highest BCUT2D eigenvalue weighted by molar-refractivity contribution is 8.00. The maximum Gasteiger partial charge on any atom is 0.243 e. The van der Waals surface area contributed by atoms with Gasteiger partial charge in [0.25, 0.3) is 0 Å². The van der Waals surface area contributed by atoms with Gasteiger partial charge >= 0.3 is 0 Å². The number of hydrogen-bond donors (Lipinski definition) is 2. The van der Waals surface area contributed by atoms with Gasteiger partial charge in [-0.1, -0.05) is 33.8 Å². The lowest BCUT2D eigenvalue weighted by atomic mass is 9.86. The molecule has 1 aliphatic heterocycles. The summed E-state index contributed by atoms with van der Waals surface area (Å²) in [5.74, 6) is 0.549. The van der Waals surface area contributed by atoms with E-state index in [2.05, 4.69) is 17.2 Å². The van der Waals surface area contributed by atoms with Crippen molar-refractivity contribution in [2.75, 3.05) is 32.9 Å². The Kier molecular flexibility index (Phi) is 12.7. The number of likely N-dealkylation sites (N-methyl/N-ethyl adjacent to an activating group) is 2. The molecule has 2 atom stereocenters. The number of unbranched alkanes of at least 4 members (excludes halogenated alkanes) is 2. The minimum absolute atomic E-state index is 0.00332. The molecule has 1 saturated heterocycles. The van der Waals surface area contributed by atoms with Gasteiger partial charge in [-0.05, 0) is 46.4 Å². The molecule has 0 spiro atoms. The molecule has 3 amide bonds. The van der Waals surface area contributed by atoms with Crippen molar-refractivity contribution in [2.24, 2.45) is 5.41 Å². The van der Waals surface area contributed by atoms with E-state index in [0.717, 1.165) is 24.3 Å². The van der Waals surface area contributed by atoms with Crippen molar-refractivity contribution in [2.45, 2.75) is 96.9 Å². The third-order valence-electron chi connectivity index (χ3n) is 6.35. The summed E-state index contributed by atoms with van der Waals surface area (Å²) in [6.45, 7) is 16.7. The Labute approximate surface area is 222 Å². The molecule has 0 aromatic carbocycles. The van der Waals surface area contributed by atoms with Gasteiger partial charge in [0.2, 0.25) is 17.7 Å². The number of carbonyl (C=O) groups is 4. The van der Waals surface area contributed by atoms with Gasteiger partial charge in [0.1, 0.15) is 11.8 Å². The SMILES string of the molecule is C=C1C(SCCCCCC(=O)N(C)[C@@H](CC(=O)C(C)(C)C)C(=O)NCCNC)CC(=O)N1C(C)(C)C. The highest BCUT2D eigenvalue weighted by Crippen LogP contribution is 2.36. The highest BCUT2D eigenvalue weighted by Gasteiger charge is 2.39. The Morgan fingerprint density at radius 2 is 1.75 bits per heavy atom. The zero-order valence-electron chi connectivity index (χ0n) is 23.7. The first-order chi connectivity index (χ1) is 16.6. The summed E-state index contributed by atoms with van der Waals surface area (Å²) in [6, 6.07) is -0.812. The molecule has 2 N–H and O–H groups in total. The highest BCUT2D eigenvalue weighted by atomic mass is 32.2. The number of likely N-dealkylation sites (tertiary alicyclic amines) is 1. The number of thioether (sulfide) groups is 1. The van der Waals surface area contributed by atoms with Crippen LogP contribution in [0, 0.1) is 5.41 Å². The van der Waals surface area contributed by atoms with Crippen LogP contribution in [-0.2, 0) is 19.2 Å². The van der Waals surface area contributed by atoms with E-state index >= 15 is 0 Å². The monoisotopic (exact) mass is 524 g/mol. The molecule has 0 aromatic heterocycles. The Bertz CT molecular complexity index is 801. The van der Waals surface area contributed by atoms with Crippen LogP contribution in [0.15, 0.2) is 12.3 Å². The van der Waals surface area contributed by atoms with E-state index in [0.29, 0.717) is 32.4 Å². The lowest BCUT2D eigenvalue weighted by molar-refractivity contribution is -0.141. The van der Waals surface area contributed by atoms with E-state index in [4.69, 9.17) is 0 Å². The van der Waals surface area contributed by atoms with Crippen molar-refractivity contribution in [3.05, 3.63) is 12.3 Å². The topological polar surface area (TPSA) is 98.8 Å². The van der Waals surface area contributed by atoms with Gasteiger partial charge in [-0.2, -0.15) is 11.8 Å². The average Bonchev–Trinajstić information content (AvgIpc) is 3.05. The fraction of sp³-hybridized carbons (Fsp3) is 0.778. The second-order valence-electron chi connectivity index (χ2n) is 11.6. The van der Waals surface area contributed by atoms with Crippen LogP contribution >= 0.6 is 11.8 Å². The first-order valence-electron chi connectivity index (χ1n) is 13.0. The fourth-order valence-electron chi connectivity index (χ4n) is 4.08. The molecule has 0 saturated carbocycles. The Hall–Kier alpha value is -1.87. The van der Waals surface area contributed by atoms with Gasteiger partial charge in [0.05, 0.1) is 5.25 Å². The maximum absolute atomic E-state index is 12.9. The molecule has 1 heterocycles. The lowest BCUT2D eigenvalue weighted by Crippen LogP contribution is -2.50. The van der Waals surface area contributed by atoms with E-state index in [1.54, 1.807) is 25.9 Å². The number of rotatable bonds is 14. The van der Waals surface area contributed by atoms with E-state index in [-0.39, 0.29) is 40.7 Å². The number of ketones is 1. The van der Waals surface area contributed by atoms with Gasteiger partial charge in [-0.3, -0.25) is 19.2 Å². The lowest BCUT2D eigenvalue weighted by Gasteiger charge is -2.33. The number of nitrogens with zero attached hydrogens (tertiary/aromatic N) is 2. The van der Waals surface area contributed by atoms with Crippen LogP contribution in [0.25, 0.3) is 0 Å². The predicted octanol–water partition coefficient (Wildman–Crippen LogP) is 3.36. The van der Waals surface area contributed by atoms with Gasteiger partial charge in [-0.15, -0.1) is 0 Å². The van der Waals surface area contributed by atoms with Crippen LogP contribution in [0.3, 0.4) is 0 Å². The molecule has 0 aliphatic carbocycles. The largest absolute Gasteiger partial charge is 0.353 e. The summed E-state index contributed by atoms with van der Waals surface area (Å²) in [4.78, 5) is 53.9. The number of hydrogen-bond acceptors (Lipinski definition) is 6. The van der Waals surface area contributed by atoms with Crippen molar-refractivity contribution < 1.29 is 19.2 Å².